The molecule has 0 radical (unpaired) electrons. The Morgan fingerprint density at radius 2 is 2.33 bits per heavy atom. The summed E-state index contributed by atoms with van der Waals surface area (Å²) in [4.78, 5) is 10.5. The van der Waals surface area contributed by atoms with Gasteiger partial charge in [0.2, 0.25) is 5.91 Å². The van der Waals surface area contributed by atoms with Crippen molar-refractivity contribution < 1.29 is 9.53 Å². The first-order valence-corrected chi connectivity index (χ1v) is 4.62. The molecule has 3 nitrogen and oxygen atoms in total. The van der Waals surface area contributed by atoms with Gasteiger partial charge in [-0.2, -0.15) is 0 Å². The van der Waals surface area contributed by atoms with E-state index in [4.69, 9.17) is 22.1 Å². The van der Waals surface area contributed by atoms with Gasteiger partial charge in [0, 0.05) is 5.02 Å². The molecule has 2 N–H and O–H groups in total. The minimum Gasteiger partial charge on any atom is -0.495 e. The molecule has 0 aliphatic rings. The smallest absolute Gasteiger partial charge is 0.229 e. The molecule has 0 fully saturated rings. The molecule has 1 aromatic rings. The fourth-order valence-electron chi connectivity index (χ4n) is 1.00. The van der Waals surface area contributed by atoms with Crippen LogP contribution < -0.4 is 10.5 Å². The third-order valence-electron chi connectivity index (χ3n) is 1.65. The lowest BCUT2D eigenvalue weighted by Gasteiger charge is -2.02. The van der Waals surface area contributed by atoms with E-state index in [1.54, 1.807) is 25.3 Å². The number of hydrogen-bond acceptors (Lipinski definition) is 2. The Hall–Kier alpha value is -1.66. The monoisotopic (exact) mass is 223 g/mol. The molecule has 0 saturated carbocycles. The second-order valence-electron chi connectivity index (χ2n) is 2.79. The number of hydrogen-bond donors (Lipinski definition) is 1. The highest BCUT2D eigenvalue weighted by molar-refractivity contribution is 6.30. The minimum absolute atomic E-state index is 0.0235. The lowest BCUT2D eigenvalue weighted by molar-refractivity contribution is -0.117. The van der Waals surface area contributed by atoms with Crippen molar-refractivity contribution >= 4 is 17.5 Å². The Bertz CT molecular complexity index is 432. The number of carbonyl (C=O) groups is 1. The van der Waals surface area contributed by atoms with Gasteiger partial charge in [-0.25, -0.2) is 0 Å². The van der Waals surface area contributed by atoms with Crippen molar-refractivity contribution in [1.29, 1.82) is 0 Å². The van der Waals surface area contributed by atoms with Crippen molar-refractivity contribution in [3.8, 4) is 17.6 Å². The number of amides is 1. The average molecular weight is 224 g/mol. The fourth-order valence-corrected chi connectivity index (χ4v) is 1.18. The number of carbonyl (C=O) groups excluding carboxylic acids is 1. The molecule has 15 heavy (non-hydrogen) atoms. The summed E-state index contributed by atoms with van der Waals surface area (Å²) in [6.07, 6.45) is 0.0235. The van der Waals surface area contributed by atoms with Gasteiger partial charge < -0.3 is 10.5 Å². The first-order chi connectivity index (χ1) is 7.13. The van der Waals surface area contributed by atoms with E-state index in [1.165, 1.54) is 0 Å². The van der Waals surface area contributed by atoms with Crippen LogP contribution in [-0.4, -0.2) is 13.0 Å². The lowest BCUT2D eigenvalue weighted by Crippen LogP contribution is -2.08. The Balaban J connectivity index is 2.94. The molecule has 0 aromatic heterocycles. The molecule has 1 rings (SSSR count). The first kappa shape index (κ1) is 11.4. The van der Waals surface area contributed by atoms with Crippen LogP contribution in [0.1, 0.15) is 12.0 Å². The van der Waals surface area contributed by atoms with Gasteiger partial charge in [0.05, 0.1) is 19.1 Å². The molecule has 1 aromatic carbocycles. The number of rotatable bonds is 2. The maximum absolute atomic E-state index is 10.5. The summed E-state index contributed by atoms with van der Waals surface area (Å²) in [5, 5.41) is 0.569. The normalized spacial score (nSPS) is 8.93. The van der Waals surface area contributed by atoms with Crippen LogP contribution in [0.4, 0.5) is 0 Å². The molecule has 0 aliphatic carbocycles. The summed E-state index contributed by atoms with van der Waals surface area (Å²) >= 11 is 5.80. The van der Waals surface area contributed by atoms with Crippen molar-refractivity contribution in [3.63, 3.8) is 0 Å². The van der Waals surface area contributed by atoms with E-state index in [1.807, 2.05) is 0 Å². The van der Waals surface area contributed by atoms with E-state index in [0.29, 0.717) is 16.3 Å². The molecule has 0 aliphatic heterocycles. The standard InChI is InChI=1S/C11H10ClNO2/c1-15-10-6-5-9(12)7-8(10)3-2-4-11(13)14/h5-7H,4H2,1H3,(H2,13,14). The molecule has 0 spiro atoms. The lowest BCUT2D eigenvalue weighted by atomic mass is 10.2. The van der Waals surface area contributed by atoms with Gasteiger partial charge in [0.1, 0.15) is 5.75 Å². The predicted octanol–water partition coefficient (Wildman–Crippen LogP) is 1.58. The molecular formula is C11H10ClNO2. The molecule has 0 saturated heterocycles. The number of methoxy groups -OCH3 is 1. The topological polar surface area (TPSA) is 52.3 Å². The number of benzene rings is 1. The van der Waals surface area contributed by atoms with Gasteiger partial charge in [-0.3, -0.25) is 4.79 Å². The first-order valence-electron chi connectivity index (χ1n) is 4.24. The summed E-state index contributed by atoms with van der Waals surface area (Å²) in [5.41, 5.74) is 5.60. The van der Waals surface area contributed by atoms with E-state index in [9.17, 15) is 4.79 Å². The molecule has 1 amide bonds. The van der Waals surface area contributed by atoms with Crippen LogP contribution >= 0.6 is 11.6 Å². The van der Waals surface area contributed by atoms with E-state index in [-0.39, 0.29) is 6.42 Å². The second-order valence-corrected chi connectivity index (χ2v) is 3.23. The van der Waals surface area contributed by atoms with Gasteiger partial charge in [0.25, 0.3) is 0 Å². The molecule has 0 atom stereocenters. The largest absolute Gasteiger partial charge is 0.495 e. The van der Waals surface area contributed by atoms with Gasteiger partial charge >= 0.3 is 0 Å². The maximum atomic E-state index is 10.5. The second kappa shape index (κ2) is 5.28. The summed E-state index contributed by atoms with van der Waals surface area (Å²) in [5.74, 6) is 5.58. The zero-order valence-corrected chi connectivity index (χ0v) is 8.97. The van der Waals surface area contributed by atoms with Crippen LogP contribution in [0.25, 0.3) is 0 Å². The molecule has 4 heteroatoms. The third-order valence-corrected chi connectivity index (χ3v) is 1.88. The number of ether oxygens (including phenoxy) is 1. The highest BCUT2D eigenvalue weighted by Crippen LogP contribution is 2.21. The number of primary amides is 1. The molecule has 0 unspecified atom stereocenters. The Morgan fingerprint density at radius 1 is 1.60 bits per heavy atom. The Morgan fingerprint density at radius 3 is 2.93 bits per heavy atom. The Labute approximate surface area is 93.2 Å². The molecular weight excluding hydrogens is 214 g/mol. The summed E-state index contributed by atoms with van der Waals surface area (Å²) < 4.78 is 5.08. The molecule has 78 valence electrons. The van der Waals surface area contributed by atoms with Crippen LogP contribution in [0.2, 0.25) is 5.02 Å². The average Bonchev–Trinajstić information content (AvgIpc) is 2.17. The zero-order chi connectivity index (χ0) is 11.3. The number of halogens is 1. The Kier molecular flexibility index (Phi) is 4.02. The van der Waals surface area contributed by atoms with Crippen molar-refractivity contribution in [3.05, 3.63) is 28.8 Å². The number of nitrogens with two attached hydrogens (primary N) is 1. The zero-order valence-electron chi connectivity index (χ0n) is 8.21. The van der Waals surface area contributed by atoms with Crippen molar-refractivity contribution in [1.82, 2.24) is 0 Å². The van der Waals surface area contributed by atoms with Crippen LogP contribution in [0.5, 0.6) is 5.75 Å². The van der Waals surface area contributed by atoms with Crippen molar-refractivity contribution in [2.45, 2.75) is 6.42 Å². The van der Waals surface area contributed by atoms with E-state index in [0.717, 1.165) is 0 Å². The van der Waals surface area contributed by atoms with E-state index >= 15 is 0 Å². The van der Waals surface area contributed by atoms with E-state index < -0.39 is 5.91 Å². The minimum atomic E-state index is -0.455. The fraction of sp³-hybridized carbons (Fsp3) is 0.182. The quantitative estimate of drug-likeness (QED) is 0.774. The van der Waals surface area contributed by atoms with Crippen LogP contribution in [0.15, 0.2) is 18.2 Å². The van der Waals surface area contributed by atoms with Crippen molar-refractivity contribution in [2.75, 3.05) is 7.11 Å². The van der Waals surface area contributed by atoms with Gasteiger partial charge in [-0.1, -0.05) is 23.4 Å². The van der Waals surface area contributed by atoms with Crippen LogP contribution in [-0.2, 0) is 4.79 Å². The maximum Gasteiger partial charge on any atom is 0.229 e. The van der Waals surface area contributed by atoms with Gasteiger partial charge in [0.15, 0.2) is 0 Å². The molecule has 0 bridgehead atoms. The third kappa shape index (κ3) is 3.53. The van der Waals surface area contributed by atoms with Crippen LogP contribution in [0, 0.1) is 11.8 Å². The predicted molar refractivity (Wildman–Crippen MR) is 58.7 cm³/mol. The molecule has 0 heterocycles. The highest BCUT2D eigenvalue weighted by atomic mass is 35.5. The van der Waals surface area contributed by atoms with Gasteiger partial charge in [-0.05, 0) is 18.2 Å². The summed E-state index contributed by atoms with van der Waals surface area (Å²) in [6, 6.07) is 5.10. The summed E-state index contributed by atoms with van der Waals surface area (Å²) in [6.45, 7) is 0. The summed E-state index contributed by atoms with van der Waals surface area (Å²) in [7, 11) is 1.54. The highest BCUT2D eigenvalue weighted by Gasteiger charge is 2.00. The van der Waals surface area contributed by atoms with E-state index in [2.05, 4.69) is 11.8 Å². The van der Waals surface area contributed by atoms with Crippen molar-refractivity contribution in [2.24, 2.45) is 5.73 Å². The SMILES string of the molecule is COc1ccc(Cl)cc1C#CCC(N)=O. The van der Waals surface area contributed by atoms with Crippen LogP contribution in [0.3, 0.4) is 0 Å². The van der Waals surface area contributed by atoms with Gasteiger partial charge in [-0.15, -0.1) is 0 Å².